The van der Waals surface area contributed by atoms with E-state index in [4.69, 9.17) is 21.1 Å². The number of carbonyl (C=O) groups is 3. The van der Waals surface area contributed by atoms with E-state index < -0.39 is 17.9 Å². The average molecular weight is 356 g/mol. The van der Waals surface area contributed by atoms with E-state index in [1.807, 2.05) is 0 Å². The molecule has 0 radical (unpaired) electrons. The number of ether oxygens (including phenoxy) is 3. The van der Waals surface area contributed by atoms with Gasteiger partial charge in [0, 0.05) is 6.20 Å². The summed E-state index contributed by atoms with van der Waals surface area (Å²) in [5, 5.41) is 2.80. The Kier molecular flexibility index (Phi) is 7.77. The monoisotopic (exact) mass is 355 g/mol. The maximum Gasteiger partial charge on any atom is 0.347 e. The SMILES string of the molecule is CCOC(=O)C(=CNc1cccc(C(=O)OC)c1Cl)C(=O)OCC. The van der Waals surface area contributed by atoms with Gasteiger partial charge in [-0.3, -0.25) is 0 Å². The highest BCUT2D eigenvalue weighted by Gasteiger charge is 2.21. The van der Waals surface area contributed by atoms with Crippen molar-refractivity contribution in [2.75, 3.05) is 25.6 Å². The predicted octanol–water partition coefficient (Wildman–Crippen LogP) is 2.55. The molecule has 0 saturated heterocycles. The molecule has 24 heavy (non-hydrogen) atoms. The van der Waals surface area contributed by atoms with Crippen LogP contribution in [0.1, 0.15) is 24.2 Å². The number of esters is 3. The lowest BCUT2D eigenvalue weighted by atomic mass is 10.2. The third kappa shape index (κ3) is 4.99. The summed E-state index contributed by atoms with van der Waals surface area (Å²) in [4.78, 5) is 35.3. The zero-order valence-electron chi connectivity index (χ0n) is 13.6. The van der Waals surface area contributed by atoms with Gasteiger partial charge in [-0.1, -0.05) is 17.7 Å². The van der Waals surface area contributed by atoms with E-state index in [2.05, 4.69) is 10.1 Å². The number of benzene rings is 1. The number of hydrogen-bond acceptors (Lipinski definition) is 7. The minimum absolute atomic E-state index is 0.0904. The molecule has 0 heterocycles. The van der Waals surface area contributed by atoms with Crippen LogP contribution >= 0.6 is 11.6 Å². The van der Waals surface area contributed by atoms with Crippen LogP contribution in [-0.2, 0) is 23.8 Å². The van der Waals surface area contributed by atoms with Crippen molar-refractivity contribution in [1.29, 1.82) is 0 Å². The molecule has 0 aliphatic heterocycles. The third-order valence-electron chi connectivity index (χ3n) is 2.77. The molecular formula is C16H18ClNO6. The summed E-state index contributed by atoms with van der Waals surface area (Å²) >= 11 is 6.12. The number of hydrogen-bond donors (Lipinski definition) is 1. The van der Waals surface area contributed by atoms with Gasteiger partial charge in [0.1, 0.15) is 0 Å². The maximum atomic E-state index is 11.8. The third-order valence-corrected chi connectivity index (χ3v) is 3.17. The Morgan fingerprint density at radius 2 is 1.71 bits per heavy atom. The van der Waals surface area contributed by atoms with E-state index in [9.17, 15) is 14.4 Å². The number of nitrogens with one attached hydrogen (secondary N) is 1. The van der Waals surface area contributed by atoms with Gasteiger partial charge in [0.15, 0.2) is 5.57 Å². The fourth-order valence-corrected chi connectivity index (χ4v) is 1.94. The molecule has 1 aromatic carbocycles. The summed E-state index contributed by atoms with van der Waals surface area (Å²) in [5.41, 5.74) is 0.135. The molecule has 0 spiro atoms. The van der Waals surface area contributed by atoms with Crippen LogP contribution in [0.5, 0.6) is 0 Å². The lowest BCUT2D eigenvalue weighted by molar-refractivity contribution is -0.146. The molecule has 0 fully saturated rings. The first-order valence-electron chi connectivity index (χ1n) is 7.13. The van der Waals surface area contributed by atoms with Crippen molar-refractivity contribution in [3.8, 4) is 0 Å². The maximum absolute atomic E-state index is 11.8. The van der Waals surface area contributed by atoms with E-state index >= 15 is 0 Å². The van der Waals surface area contributed by atoms with Gasteiger partial charge in [0.25, 0.3) is 0 Å². The number of rotatable bonds is 7. The van der Waals surface area contributed by atoms with Crippen LogP contribution in [-0.4, -0.2) is 38.2 Å². The Morgan fingerprint density at radius 3 is 2.21 bits per heavy atom. The molecule has 1 N–H and O–H groups in total. The standard InChI is InChI=1S/C16H18ClNO6/c1-4-23-15(20)11(16(21)24-5-2)9-18-12-8-6-7-10(13(12)17)14(19)22-3/h6-9,18H,4-5H2,1-3H3. The summed E-state index contributed by atoms with van der Waals surface area (Å²) in [6.45, 7) is 3.44. The molecule has 0 amide bonds. The lowest BCUT2D eigenvalue weighted by Gasteiger charge is -2.10. The average Bonchev–Trinajstić information content (AvgIpc) is 2.56. The molecule has 1 aromatic rings. The Bertz CT molecular complexity index is 636. The fraction of sp³-hybridized carbons (Fsp3) is 0.312. The molecule has 0 aliphatic rings. The van der Waals surface area contributed by atoms with Crippen molar-refractivity contribution < 1.29 is 28.6 Å². The van der Waals surface area contributed by atoms with Gasteiger partial charge in [-0.15, -0.1) is 0 Å². The molecule has 7 nitrogen and oxygen atoms in total. The highest BCUT2D eigenvalue weighted by atomic mass is 35.5. The van der Waals surface area contributed by atoms with Crippen LogP contribution in [0.25, 0.3) is 0 Å². The van der Waals surface area contributed by atoms with Gasteiger partial charge < -0.3 is 19.5 Å². The second kappa shape index (κ2) is 9.57. The van der Waals surface area contributed by atoms with Gasteiger partial charge in [0.2, 0.25) is 0 Å². The number of halogens is 1. The van der Waals surface area contributed by atoms with Crippen molar-refractivity contribution in [3.05, 3.63) is 40.6 Å². The molecule has 0 aromatic heterocycles. The zero-order valence-corrected chi connectivity index (χ0v) is 14.3. The Balaban J connectivity index is 3.11. The molecule has 1 rings (SSSR count). The molecular weight excluding hydrogens is 338 g/mol. The van der Waals surface area contributed by atoms with Crippen molar-refractivity contribution in [2.45, 2.75) is 13.8 Å². The summed E-state index contributed by atoms with van der Waals surface area (Å²) in [6, 6.07) is 4.63. The van der Waals surface area contributed by atoms with E-state index in [1.165, 1.54) is 13.2 Å². The summed E-state index contributed by atoms with van der Waals surface area (Å²) in [6.07, 6.45) is 1.12. The number of carbonyl (C=O) groups excluding carboxylic acids is 3. The molecule has 0 atom stereocenters. The normalized spacial score (nSPS) is 9.67. The van der Waals surface area contributed by atoms with E-state index in [-0.39, 0.29) is 29.4 Å². The quantitative estimate of drug-likeness (QED) is 0.264. The molecule has 0 saturated carbocycles. The smallest absolute Gasteiger partial charge is 0.347 e. The molecule has 0 unspecified atom stereocenters. The van der Waals surface area contributed by atoms with E-state index in [0.717, 1.165) is 6.20 Å². The highest BCUT2D eigenvalue weighted by molar-refractivity contribution is 6.36. The highest BCUT2D eigenvalue weighted by Crippen LogP contribution is 2.26. The second-order valence-electron chi connectivity index (χ2n) is 4.30. The summed E-state index contributed by atoms with van der Waals surface area (Å²) in [7, 11) is 1.23. The predicted molar refractivity (Wildman–Crippen MR) is 87.8 cm³/mol. The number of methoxy groups -OCH3 is 1. The first-order valence-corrected chi connectivity index (χ1v) is 7.51. The molecule has 8 heteroatoms. The Hall–Kier alpha value is -2.54. The zero-order chi connectivity index (χ0) is 18.1. The Morgan fingerprint density at radius 1 is 1.12 bits per heavy atom. The van der Waals surface area contributed by atoms with Gasteiger partial charge in [-0.05, 0) is 26.0 Å². The van der Waals surface area contributed by atoms with E-state index in [0.29, 0.717) is 5.69 Å². The van der Waals surface area contributed by atoms with Crippen LogP contribution in [0, 0.1) is 0 Å². The van der Waals surface area contributed by atoms with Gasteiger partial charge in [0.05, 0.1) is 36.6 Å². The van der Waals surface area contributed by atoms with Gasteiger partial charge in [-0.25, -0.2) is 14.4 Å². The van der Waals surface area contributed by atoms with Gasteiger partial charge in [-0.2, -0.15) is 0 Å². The van der Waals surface area contributed by atoms with Gasteiger partial charge >= 0.3 is 17.9 Å². The largest absolute Gasteiger partial charge is 0.465 e. The van der Waals surface area contributed by atoms with Crippen LogP contribution < -0.4 is 5.32 Å². The van der Waals surface area contributed by atoms with Crippen LogP contribution in [0.15, 0.2) is 30.0 Å². The topological polar surface area (TPSA) is 90.9 Å². The molecule has 130 valence electrons. The van der Waals surface area contributed by atoms with Crippen molar-refractivity contribution in [2.24, 2.45) is 0 Å². The summed E-state index contributed by atoms with van der Waals surface area (Å²) in [5.74, 6) is -2.27. The fourth-order valence-electron chi connectivity index (χ4n) is 1.68. The summed E-state index contributed by atoms with van der Waals surface area (Å²) < 4.78 is 14.3. The van der Waals surface area contributed by atoms with Crippen LogP contribution in [0.2, 0.25) is 5.02 Å². The van der Waals surface area contributed by atoms with Crippen molar-refractivity contribution >= 4 is 35.2 Å². The van der Waals surface area contributed by atoms with Crippen LogP contribution in [0.4, 0.5) is 5.69 Å². The second-order valence-corrected chi connectivity index (χ2v) is 4.68. The minimum atomic E-state index is -0.830. The van der Waals surface area contributed by atoms with Crippen molar-refractivity contribution in [1.82, 2.24) is 0 Å². The molecule has 0 bridgehead atoms. The first kappa shape index (κ1) is 19.5. The minimum Gasteiger partial charge on any atom is -0.465 e. The molecule has 0 aliphatic carbocycles. The Labute approximate surface area is 144 Å². The van der Waals surface area contributed by atoms with E-state index in [1.54, 1.807) is 26.0 Å². The number of anilines is 1. The van der Waals surface area contributed by atoms with Crippen LogP contribution in [0.3, 0.4) is 0 Å². The lowest BCUT2D eigenvalue weighted by Crippen LogP contribution is -2.19. The first-order chi connectivity index (χ1) is 11.5. The van der Waals surface area contributed by atoms with Crippen molar-refractivity contribution in [3.63, 3.8) is 0 Å².